The summed E-state index contributed by atoms with van der Waals surface area (Å²) in [6, 6.07) is 18.4. The number of anilines is 3. The van der Waals surface area contributed by atoms with Gasteiger partial charge in [-0.2, -0.15) is 0 Å². The van der Waals surface area contributed by atoms with Gasteiger partial charge in [-0.3, -0.25) is 14.4 Å². The Bertz CT molecular complexity index is 1060. The molecule has 0 spiro atoms. The monoisotopic (exact) mass is 391 g/mol. The number of benzene rings is 3. The Kier molecular flexibility index (Phi) is 5.99. The Labute approximate surface area is 166 Å². The molecular weight excluding hydrogens is 373 g/mol. The maximum atomic E-state index is 13.0. The van der Waals surface area contributed by atoms with E-state index in [1.807, 2.05) is 0 Å². The van der Waals surface area contributed by atoms with Crippen molar-refractivity contribution in [1.29, 1.82) is 0 Å². The van der Waals surface area contributed by atoms with E-state index in [0.717, 1.165) is 0 Å². The normalized spacial score (nSPS) is 10.1. The van der Waals surface area contributed by atoms with E-state index in [0.29, 0.717) is 28.2 Å². The first kappa shape index (κ1) is 19.8. The summed E-state index contributed by atoms with van der Waals surface area (Å²) in [5, 5.41) is 8.07. The van der Waals surface area contributed by atoms with Gasteiger partial charge in [-0.25, -0.2) is 4.39 Å². The molecule has 0 radical (unpaired) electrons. The van der Waals surface area contributed by atoms with E-state index < -0.39 is 11.7 Å². The number of rotatable bonds is 5. The third-order valence-corrected chi connectivity index (χ3v) is 3.93. The van der Waals surface area contributed by atoms with E-state index in [4.69, 9.17) is 0 Å². The van der Waals surface area contributed by atoms with Crippen LogP contribution in [0, 0.1) is 5.82 Å². The number of carbonyl (C=O) groups excluding carboxylic acids is 3. The Hall–Kier alpha value is -4.00. The van der Waals surface area contributed by atoms with Crippen LogP contribution in [0.1, 0.15) is 27.6 Å². The molecule has 0 bridgehead atoms. The minimum absolute atomic E-state index is 0.210. The number of carbonyl (C=O) groups is 3. The predicted molar refractivity (Wildman–Crippen MR) is 109 cm³/mol. The summed E-state index contributed by atoms with van der Waals surface area (Å²) in [4.78, 5) is 36.0. The highest BCUT2D eigenvalue weighted by molar-refractivity contribution is 6.07. The second kappa shape index (κ2) is 8.79. The molecule has 29 heavy (non-hydrogen) atoms. The van der Waals surface area contributed by atoms with Gasteiger partial charge in [0.1, 0.15) is 5.82 Å². The molecule has 3 aromatic carbocycles. The van der Waals surface area contributed by atoms with Gasteiger partial charge in [0.25, 0.3) is 11.8 Å². The van der Waals surface area contributed by atoms with Crippen molar-refractivity contribution in [2.45, 2.75) is 6.92 Å². The van der Waals surface area contributed by atoms with Gasteiger partial charge in [-0.05, 0) is 60.7 Å². The Morgan fingerprint density at radius 1 is 0.655 bits per heavy atom. The van der Waals surface area contributed by atoms with E-state index in [9.17, 15) is 18.8 Å². The molecule has 0 atom stereocenters. The quantitative estimate of drug-likeness (QED) is 0.606. The molecule has 3 N–H and O–H groups in total. The summed E-state index contributed by atoms with van der Waals surface area (Å²) in [6.45, 7) is 1.40. The summed E-state index contributed by atoms with van der Waals surface area (Å²) in [7, 11) is 0. The zero-order chi connectivity index (χ0) is 20.8. The molecule has 0 saturated carbocycles. The first-order valence-electron chi connectivity index (χ1n) is 8.77. The molecule has 0 unspecified atom stereocenters. The zero-order valence-corrected chi connectivity index (χ0v) is 15.5. The minimum Gasteiger partial charge on any atom is -0.326 e. The summed E-state index contributed by atoms with van der Waals surface area (Å²) >= 11 is 0. The smallest absolute Gasteiger partial charge is 0.255 e. The fourth-order valence-electron chi connectivity index (χ4n) is 2.62. The van der Waals surface area contributed by atoms with E-state index in [2.05, 4.69) is 16.0 Å². The second-order valence-electron chi connectivity index (χ2n) is 6.26. The van der Waals surface area contributed by atoms with Crippen molar-refractivity contribution in [1.82, 2.24) is 0 Å². The third kappa shape index (κ3) is 5.49. The van der Waals surface area contributed by atoms with Crippen LogP contribution in [0.4, 0.5) is 21.5 Å². The van der Waals surface area contributed by atoms with Crippen LogP contribution in [0.2, 0.25) is 0 Å². The summed E-state index contributed by atoms with van der Waals surface area (Å²) in [5.41, 5.74) is 2.15. The third-order valence-electron chi connectivity index (χ3n) is 3.93. The molecule has 3 rings (SSSR count). The molecule has 0 heterocycles. The molecule has 0 saturated heterocycles. The second-order valence-corrected chi connectivity index (χ2v) is 6.26. The van der Waals surface area contributed by atoms with Crippen LogP contribution in [-0.4, -0.2) is 17.7 Å². The van der Waals surface area contributed by atoms with Gasteiger partial charge in [0.05, 0.1) is 0 Å². The molecule has 0 aliphatic carbocycles. The van der Waals surface area contributed by atoms with Crippen molar-refractivity contribution in [3.63, 3.8) is 0 Å². The first-order valence-corrected chi connectivity index (χ1v) is 8.77. The zero-order valence-electron chi connectivity index (χ0n) is 15.5. The van der Waals surface area contributed by atoms with Crippen molar-refractivity contribution in [2.24, 2.45) is 0 Å². The molecule has 0 aliphatic rings. The average molecular weight is 391 g/mol. The highest BCUT2D eigenvalue weighted by atomic mass is 19.1. The number of nitrogens with one attached hydrogen (secondary N) is 3. The van der Waals surface area contributed by atoms with Gasteiger partial charge < -0.3 is 16.0 Å². The van der Waals surface area contributed by atoms with Crippen LogP contribution in [0.15, 0.2) is 72.8 Å². The Morgan fingerprint density at radius 2 is 1.17 bits per heavy atom. The van der Waals surface area contributed by atoms with Crippen molar-refractivity contribution in [2.75, 3.05) is 16.0 Å². The number of amides is 3. The van der Waals surface area contributed by atoms with E-state index in [1.54, 1.807) is 42.5 Å². The average Bonchev–Trinajstić information content (AvgIpc) is 2.68. The molecule has 0 fully saturated rings. The summed E-state index contributed by atoms with van der Waals surface area (Å²) in [6.07, 6.45) is 0. The van der Waals surface area contributed by atoms with Gasteiger partial charge in [0, 0.05) is 35.1 Å². The van der Waals surface area contributed by atoms with Gasteiger partial charge in [-0.15, -0.1) is 0 Å². The van der Waals surface area contributed by atoms with E-state index in [-0.39, 0.29) is 11.8 Å². The van der Waals surface area contributed by atoms with Gasteiger partial charge in [0.15, 0.2) is 0 Å². The van der Waals surface area contributed by atoms with Crippen molar-refractivity contribution >= 4 is 34.8 Å². The van der Waals surface area contributed by atoms with Crippen molar-refractivity contribution < 1.29 is 18.8 Å². The van der Waals surface area contributed by atoms with E-state index >= 15 is 0 Å². The number of halogens is 1. The fourth-order valence-corrected chi connectivity index (χ4v) is 2.62. The molecule has 3 aromatic rings. The molecule has 3 amide bonds. The lowest BCUT2D eigenvalue weighted by Crippen LogP contribution is -2.15. The minimum atomic E-state index is -0.428. The molecule has 0 aromatic heterocycles. The predicted octanol–water partition coefficient (Wildman–Crippen LogP) is 4.29. The molecule has 7 heteroatoms. The number of hydrogen-bond donors (Lipinski definition) is 3. The Balaban J connectivity index is 1.70. The fraction of sp³-hybridized carbons (Fsp3) is 0.0455. The molecular formula is C22H18FN3O3. The highest BCUT2D eigenvalue weighted by Crippen LogP contribution is 2.18. The van der Waals surface area contributed by atoms with Crippen molar-refractivity contribution in [3.05, 3.63) is 89.7 Å². The van der Waals surface area contributed by atoms with Crippen LogP contribution in [-0.2, 0) is 4.79 Å². The van der Waals surface area contributed by atoms with Gasteiger partial charge >= 0.3 is 0 Å². The van der Waals surface area contributed by atoms with Crippen LogP contribution in [0.5, 0.6) is 0 Å². The maximum absolute atomic E-state index is 13.0. The topological polar surface area (TPSA) is 87.3 Å². The largest absolute Gasteiger partial charge is 0.326 e. The first-order chi connectivity index (χ1) is 13.9. The number of hydrogen-bond acceptors (Lipinski definition) is 3. The van der Waals surface area contributed by atoms with Crippen molar-refractivity contribution in [3.8, 4) is 0 Å². The van der Waals surface area contributed by atoms with Crippen LogP contribution >= 0.6 is 0 Å². The molecule has 146 valence electrons. The lowest BCUT2D eigenvalue weighted by Gasteiger charge is -2.10. The summed E-state index contributed by atoms with van der Waals surface area (Å²) < 4.78 is 13.0. The SMILES string of the molecule is CC(=O)Nc1cccc(NC(=O)c2cccc(NC(=O)c3ccc(F)cc3)c2)c1. The lowest BCUT2D eigenvalue weighted by atomic mass is 10.1. The maximum Gasteiger partial charge on any atom is 0.255 e. The molecule has 6 nitrogen and oxygen atoms in total. The van der Waals surface area contributed by atoms with Crippen LogP contribution in [0.25, 0.3) is 0 Å². The summed E-state index contributed by atoms with van der Waals surface area (Å²) in [5.74, 6) is -1.42. The van der Waals surface area contributed by atoms with E-state index in [1.165, 1.54) is 37.3 Å². The molecule has 0 aliphatic heterocycles. The highest BCUT2D eigenvalue weighted by Gasteiger charge is 2.10. The van der Waals surface area contributed by atoms with Gasteiger partial charge in [-0.1, -0.05) is 12.1 Å². The van der Waals surface area contributed by atoms with Crippen LogP contribution < -0.4 is 16.0 Å². The standard InChI is InChI=1S/C22H18FN3O3/c1-14(27)24-19-6-3-7-20(13-19)26-22(29)16-4-2-5-18(12-16)25-21(28)15-8-10-17(23)11-9-15/h2-13H,1H3,(H,24,27)(H,25,28)(H,26,29). The lowest BCUT2D eigenvalue weighted by molar-refractivity contribution is -0.114. The van der Waals surface area contributed by atoms with Crippen LogP contribution in [0.3, 0.4) is 0 Å². The Morgan fingerprint density at radius 3 is 1.79 bits per heavy atom. The van der Waals surface area contributed by atoms with Gasteiger partial charge in [0.2, 0.25) is 5.91 Å².